The summed E-state index contributed by atoms with van der Waals surface area (Å²) in [4.78, 5) is 28.4. The molecular formula is C15H14Cl3F3N4O3. The number of aliphatic carboxylic acids is 1. The van der Waals surface area contributed by atoms with Crippen LogP contribution in [0.3, 0.4) is 0 Å². The van der Waals surface area contributed by atoms with Gasteiger partial charge in [0.2, 0.25) is 0 Å². The number of nitrogens with zero attached hydrogens (tertiary/aromatic N) is 4. The molecule has 0 bridgehead atoms. The fourth-order valence-corrected chi connectivity index (χ4v) is 2.99. The minimum absolute atomic E-state index is 0. The van der Waals surface area contributed by atoms with Gasteiger partial charge in [-0.25, -0.2) is 9.67 Å². The first-order chi connectivity index (χ1) is 12.2. The molecule has 2 aromatic rings. The van der Waals surface area contributed by atoms with E-state index in [9.17, 15) is 22.8 Å². The maximum absolute atomic E-state index is 13.6. The highest BCUT2D eigenvalue weighted by Gasteiger charge is 2.43. The van der Waals surface area contributed by atoms with E-state index < -0.39 is 35.2 Å². The molecule has 1 atom stereocenters. The molecule has 0 spiro atoms. The first-order valence-electron chi connectivity index (χ1n) is 7.48. The standard InChI is InChI=1S/C15H12ClF3N4O3.2ClH/c16-10-2-1-4-20-12(10)23-11(15(17,18)19)9(6-21-23)13(24)22-5-3-8(7-22)14(25)26;;/h1-2,4,6,8H,3,5,7H2,(H,25,26);2*1H. The molecule has 0 radical (unpaired) electrons. The molecule has 1 N–H and O–H groups in total. The zero-order chi connectivity index (χ0) is 19.1. The first kappa shape index (κ1) is 24.0. The SMILES string of the molecule is Cl.Cl.O=C(O)C1CCN(C(=O)c2cnn(-c3ncccc3Cl)c2C(F)(F)F)C1. The second-order valence-corrected chi connectivity index (χ2v) is 6.11. The monoisotopic (exact) mass is 460 g/mol. The fourth-order valence-electron chi connectivity index (χ4n) is 2.79. The summed E-state index contributed by atoms with van der Waals surface area (Å²) in [6.45, 7) is -0.0936. The number of likely N-dealkylation sites (tertiary alicyclic amines) is 1. The molecule has 1 aliphatic heterocycles. The van der Waals surface area contributed by atoms with Crippen LogP contribution < -0.4 is 0 Å². The van der Waals surface area contributed by atoms with Crippen molar-refractivity contribution in [2.45, 2.75) is 12.6 Å². The number of carboxylic acid groups (broad SMARTS) is 1. The predicted octanol–water partition coefficient (Wildman–Crippen LogP) is 3.33. The lowest BCUT2D eigenvalue weighted by Crippen LogP contribution is -2.31. The molecule has 2 aromatic heterocycles. The summed E-state index contributed by atoms with van der Waals surface area (Å²) in [5.74, 6) is -3.08. The van der Waals surface area contributed by atoms with Crippen molar-refractivity contribution in [2.75, 3.05) is 13.1 Å². The number of halogens is 6. The van der Waals surface area contributed by atoms with Crippen molar-refractivity contribution in [3.8, 4) is 5.82 Å². The summed E-state index contributed by atoms with van der Waals surface area (Å²) in [6, 6.07) is 2.80. The third-order valence-corrected chi connectivity index (χ3v) is 4.33. The normalized spacial score (nSPS) is 16.3. The Labute approximate surface area is 174 Å². The Kier molecular flexibility index (Phi) is 7.69. The van der Waals surface area contributed by atoms with Gasteiger partial charge in [-0.1, -0.05) is 11.6 Å². The molecule has 1 fully saturated rings. The molecule has 3 rings (SSSR count). The van der Waals surface area contributed by atoms with Gasteiger partial charge in [0, 0.05) is 19.3 Å². The number of carbonyl (C=O) groups is 2. The van der Waals surface area contributed by atoms with Crippen molar-refractivity contribution in [1.29, 1.82) is 0 Å². The maximum Gasteiger partial charge on any atom is 0.434 e. The van der Waals surface area contributed by atoms with Gasteiger partial charge in [-0.3, -0.25) is 9.59 Å². The number of hydrogen-bond donors (Lipinski definition) is 1. The van der Waals surface area contributed by atoms with Gasteiger partial charge in [-0.05, 0) is 18.6 Å². The van der Waals surface area contributed by atoms with Gasteiger partial charge in [0.15, 0.2) is 11.5 Å². The summed E-state index contributed by atoms with van der Waals surface area (Å²) in [6.07, 6.45) is -2.66. The van der Waals surface area contributed by atoms with Crippen molar-refractivity contribution >= 4 is 48.3 Å². The number of rotatable bonds is 3. The number of pyridine rings is 1. The first-order valence-corrected chi connectivity index (χ1v) is 7.86. The topological polar surface area (TPSA) is 88.3 Å². The largest absolute Gasteiger partial charge is 0.481 e. The van der Waals surface area contributed by atoms with E-state index >= 15 is 0 Å². The summed E-state index contributed by atoms with van der Waals surface area (Å²) < 4.78 is 41.3. The van der Waals surface area contributed by atoms with Gasteiger partial charge in [0.05, 0.1) is 22.7 Å². The van der Waals surface area contributed by atoms with Gasteiger partial charge in [-0.2, -0.15) is 18.3 Å². The third-order valence-electron chi connectivity index (χ3n) is 4.03. The van der Waals surface area contributed by atoms with Gasteiger partial charge in [0.1, 0.15) is 0 Å². The summed E-state index contributed by atoms with van der Waals surface area (Å²) in [7, 11) is 0. The quantitative estimate of drug-likeness (QED) is 0.757. The Balaban J connectivity index is 0.00000196. The minimum atomic E-state index is -4.89. The van der Waals surface area contributed by atoms with Crippen LogP contribution in [-0.4, -0.2) is 49.7 Å². The Hall–Kier alpha value is -2.04. The number of carboxylic acids is 1. The number of amides is 1. The minimum Gasteiger partial charge on any atom is -0.481 e. The van der Waals surface area contributed by atoms with Crippen molar-refractivity contribution < 1.29 is 27.9 Å². The van der Waals surface area contributed by atoms with Crippen LogP contribution in [0.5, 0.6) is 0 Å². The molecule has 0 aliphatic carbocycles. The predicted molar refractivity (Wildman–Crippen MR) is 97.5 cm³/mol. The number of carbonyl (C=O) groups excluding carboxylic acids is 1. The van der Waals surface area contributed by atoms with Crippen molar-refractivity contribution in [2.24, 2.45) is 5.92 Å². The van der Waals surface area contributed by atoms with E-state index in [1.54, 1.807) is 0 Å². The highest BCUT2D eigenvalue weighted by molar-refractivity contribution is 6.32. The highest BCUT2D eigenvalue weighted by atomic mass is 35.5. The molecule has 28 heavy (non-hydrogen) atoms. The fraction of sp³-hybridized carbons (Fsp3) is 0.333. The zero-order valence-corrected chi connectivity index (χ0v) is 16.3. The van der Waals surface area contributed by atoms with E-state index in [2.05, 4.69) is 10.1 Å². The van der Waals surface area contributed by atoms with E-state index in [-0.39, 0.29) is 55.2 Å². The molecule has 1 saturated heterocycles. The lowest BCUT2D eigenvalue weighted by molar-refractivity contribution is -0.143. The van der Waals surface area contributed by atoms with E-state index in [1.165, 1.54) is 18.3 Å². The van der Waals surface area contributed by atoms with Crippen LogP contribution in [-0.2, 0) is 11.0 Å². The average molecular weight is 462 g/mol. The number of hydrogen-bond acceptors (Lipinski definition) is 4. The van der Waals surface area contributed by atoms with E-state index in [1.807, 2.05) is 0 Å². The second kappa shape index (κ2) is 8.97. The zero-order valence-electron chi connectivity index (χ0n) is 13.9. The Morgan fingerprint density at radius 1 is 1.29 bits per heavy atom. The lowest BCUT2D eigenvalue weighted by Gasteiger charge is -2.17. The van der Waals surface area contributed by atoms with E-state index in [0.717, 1.165) is 11.1 Å². The average Bonchev–Trinajstić information content (AvgIpc) is 3.21. The molecule has 1 amide bonds. The van der Waals surface area contributed by atoms with Crippen LogP contribution in [0.2, 0.25) is 5.02 Å². The van der Waals surface area contributed by atoms with Gasteiger partial charge in [0.25, 0.3) is 5.91 Å². The third kappa shape index (κ3) is 4.50. The van der Waals surface area contributed by atoms with Crippen LogP contribution in [0.15, 0.2) is 24.5 Å². The molecule has 0 saturated carbocycles. The van der Waals surface area contributed by atoms with Crippen LogP contribution >= 0.6 is 36.4 Å². The lowest BCUT2D eigenvalue weighted by atomic mass is 10.1. The summed E-state index contributed by atoms with van der Waals surface area (Å²) in [5, 5.41) is 12.6. The van der Waals surface area contributed by atoms with Crippen LogP contribution in [0, 0.1) is 5.92 Å². The van der Waals surface area contributed by atoms with Crippen LogP contribution in [0.4, 0.5) is 13.2 Å². The summed E-state index contributed by atoms with van der Waals surface area (Å²) >= 11 is 5.90. The van der Waals surface area contributed by atoms with Gasteiger partial charge in [-0.15, -0.1) is 24.8 Å². The van der Waals surface area contributed by atoms with E-state index in [0.29, 0.717) is 4.68 Å². The van der Waals surface area contributed by atoms with Crippen molar-refractivity contribution in [3.05, 3.63) is 40.8 Å². The molecule has 154 valence electrons. The number of alkyl halides is 3. The van der Waals surface area contributed by atoms with Crippen molar-refractivity contribution in [1.82, 2.24) is 19.7 Å². The van der Waals surface area contributed by atoms with Crippen LogP contribution in [0.25, 0.3) is 5.82 Å². The van der Waals surface area contributed by atoms with Gasteiger partial charge < -0.3 is 10.0 Å². The van der Waals surface area contributed by atoms with Gasteiger partial charge >= 0.3 is 12.1 Å². The molecule has 1 unspecified atom stereocenters. The smallest absolute Gasteiger partial charge is 0.434 e. The molecular weight excluding hydrogens is 448 g/mol. The summed E-state index contributed by atoms with van der Waals surface area (Å²) in [5.41, 5.74) is -1.98. The van der Waals surface area contributed by atoms with Crippen LogP contribution in [0.1, 0.15) is 22.5 Å². The Morgan fingerprint density at radius 2 is 1.96 bits per heavy atom. The molecule has 0 aromatic carbocycles. The Morgan fingerprint density at radius 3 is 2.50 bits per heavy atom. The molecule has 7 nitrogen and oxygen atoms in total. The highest BCUT2D eigenvalue weighted by Crippen LogP contribution is 2.35. The number of aromatic nitrogens is 3. The Bertz CT molecular complexity index is 876. The molecule has 13 heteroatoms. The van der Waals surface area contributed by atoms with E-state index in [4.69, 9.17) is 16.7 Å². The second-order valence-electron chi connectivity index (χ2n) is 5.70. The molecule has 1 aliphatic rings. The van der Waals surface area contributed by atoms with Crippen molar-refractivity contribution in [3.63, 3.8) is 0 Å². The maximum atomic E-state index is 13.6. The molecule has 3 heterocycles.